The fraction of sp³-hybridized carbons (Fsp3) is 0.769. The van der Waals surface area contributed by atoms with Gasteiger partial charge in [-0.05, 0) is 25.2 Å². The lowest BCUT2D eigenvalue weighted by atomic mass is 10.1. The van der Waals surface area contributed by atoms with Gasteiger partial charge in [0.2, 0.25) is 0 Å². The fourth-order valence-electron chi connectivity index (χ4n) is 2.67. The van der Waals surface area contributed by atoms with Gasteiger partial charge in [-0.15, -0.1) is 0 Å². The van der Waals surface area contributed by atoms with E-state index >= 15 is 0 Å². The minimum absolute atomic E-state index is 0.619. The van der Waals surface area contributed by atoms with Crippen molar-refractivity contribution in [3.63, 3.8) is 0 Å². The molecule has 3 nitrogen and oxygen atoms in total. The summed E-state index contributed by atoms with van der Waals surface area (Å²) in [4.78, 5) is 4.77. The van der Waals surface area contributed by atoms with E-state index in [0.29, 0.717) is 11.8 Å². The van der Waals surface area contributed by atoms with Gasteiger partial charge in [0, 0.05) is 13.0 Å². The minimum atomic E-state index is 0.619. The van der Waals surface area contributed by atoms with Crippen LogP contribution in [0, 0.1) is 5.92 Å². The normalized spacial score (nSPS) is 17.5. The Kier molecular flexibility index (Phi) is 3.22. The van der Waals surface area contributed by atoms with Crippen LogP contribution in [0.4, 0.5) is 5.82 Å². The monoisotopic (exact) mass is 221 g/mol. The van der Waals surface area contributed by atoms with Crippen LogP contribution in [0.5, 0.6) is 0 Å². The summed E-state index contributed by atoms with van der Waals surface area (Å²) in [5, 5.41) is 0. The lowest BCUT2D eigenvalue weighted by Crippen LogP contribution is -2.05. The zero-order valence-electron chi connectivity index (χ0n) is 10.7. The summed E-state index contributed by atoms with van der Waals surface area (Å²) in [7, 11) is 2.06. The molecular weight excluding hydrogens is 198 g/mol. The van der Waals surface area contributed by atoms with Crippen molar-refractivity contribution in [3.05, 3.63) is 11.5 Å². The summed E-state index contributed by atoms with van der Waals surface area (Å²) >= 11 is 0. The molecule has 0 aliphatic heterocycles. The number of hydrogen-bond acceptors (Lipinski definition) is 2. The predicted molar refractivity (Wildman–Crippen MR) is 67.4 cm³/mol. The van der Waals surface area contributed by atoms with Crippen molar-refractivity contribution in [1.82, 2.24) is 9.55 Å². The van der Waals surface area contributed by atoms with Crippen molar-refractivity contribution >= 4 is 5.82 Å². The van der Waals surface area contributed by atoms with Gasteiger partial charge >= 0.3 is 0 Å². The van der Waals surface area contributed by atoms with E-state index in [-0.39, 0.29) is 0 Å². The molecule has 0 radical (unpaired) electrons. The lowest BCUT2D eigenvalue weighted by Gasteiger charge is -2.08. The molecule has 1 heterocycles. The summed E-state index contributed by atoms with van der Waals surface area (Å²) in [5.74, 6) is 3.35. The molecule has 3 heteroatoms. The maximum Gasteiger partial charge on any atom is 0.126 e. The molecule has 1 saturated carbocycles. The van der Waals surface area contributed by atoms with Crippen LogP contribution in [-0.4, -0.2) is 9.55 Å². The minimum Gasteiger partial charge on any atom is -0.384 e. The van der Waals surface area contributed by atoms with Gasteiger partial charge in [0.1, 0.15) is 11.6 Å². The van der Waals surface area contributed by atoms with E-state index in [1.165, 1.54) is 31.5 Å². The molecule has 0 aromatic carbocycles. The van der Waals surface area contributed by atoms with E-state index in [1.54, 1.807) is 0 Å². The van der Waals surface area contributed by atoms with Gasteiger partial charge in [-0.1, -0.05) is 26.7 Å². The van der Waals surface area contributed by atoms with Crippen LogP contribution in [0.25, 0.3) is 0 Å². The SMILES string of the molecule is CC(C)Cc1nc(C2CCCC2)n(C)c1N. The van der Waals surface area contributed by atoms with Gasteiger partial charge in [-0.3, -0.25) is 0 Å². The quantitative estimate of drug-likeness (QED) is 0.853. The molecule has 1 aromatic rings. The van der Waals surface area contributed by atoms with Gasteiger partial charge in [-0.2, -0.15) is 0 Å². The highest BCUT2D eigenvalue weighted by Crippen LogP contribution is 2.34. The smallest absolute Gasteiger partial charge is 0.126 e. The van der Waals surface area contributed by atoms with Crippen LogP contribution in [0.2, 0.25) is 0 Å². The molecule has 2 rings (SSSR count). The number of nitrogen functional groups attached to an aromatic ring is 1. The Hall–Kier alpha value is -0.990. The zero-order chi connectivity index (χ0) is 11.7. The molecule has 90 valence electrons. The van der Waals surface area contributed by atoms with Crippen molar-refractivity contribution in [2.24, 2.45) is 13.0 Å². The van der Waals surface area contributed by atoms with Crippen LogP contribution in [0.1, 0.15) is 57.0 Å². The first-order valence-corrected chi connectivity index (χ1v) is 6.40. The average Bonchev–Trinajstić information content (AvgIpc) is 2.81. The molecule has 1 fully saturated rings. The molecular formula is C13H23N3. The van der Waals surface area contributed by atoms with Crippen LogP contribution < -0.4 is 5.73 Å². The highest BCUT2D eigenvalue weighted by Gasteiger charge is 2.23. The number of nitrogens with zero attached hydrogens (tertiary/aromatic N) is 2. The first-order valence-electron chi connectivity index (χ1n) is 6.40. The Morgan fingerprint density at radius 3 is 2.56 bits per heavy atom. The highest BCUT2D eigenvalue weighted by molar-refractivity contribution is 5.39. The van der Waals surface area contributed by atoms with E-state index in [1.807, 2.05) is 0 Å². The van der Waals surface area contributed by atoms with E-state index in [0.717, 1.165) is 17.9 Å². The number of rotatable bonds is 3. The molecule has 1 aromatic heterocycles. The maximum atomic E-state index is 6.12. The van der Waals surface area contributed by atoms with Crippen LogP contribution in [-0.2, 0) is 13.5 Å². The summed E-state index contributed by atoms with van der Waals surface area (Å²) in [6, 6.07) is 0. The fourth-order valence-corrected chi connectivity index (χ4v) is 2.67. The first kappa shape index (κ1) is 11.5. The largest absolute Gasteiger partial charge is 0.384 e. The summed E-state index contributed by atoms with van der Waals surface area (Å²) < 4.78 is 2.10. The third-order valence-electron chi connectivity index (χ3n) is 3.57. The Morgan fingerprint density at radius 1 is 1.38 bits per heavy atom. The topological polar surface area (TPSA) is 43.8 Å². The number of nitrogens with two attached hydrogens (primary N) is 1. The van der Waals surface area contributed by atoms with E-state index in [2.05, 4.69) is 25.5 Å². The van der Waals surface area contributed by atoms with E-state index in [9.17, 15) is 0 Å². The highest BCUT2D eigenvalue weighted by atomic mass is 15.1. The third-order valence-corrected chi connectivity index (χ3v) is 3.57. The van der Waals surface area contributed by atoms with Crippen molar-refractivity contribution < 1.29 is 0 Å². The molecule has 0 amide bonds. The number of hydrogen-bond donors (Lipinski definition) is 1. The van der Waals surface area contributed by atoms with E-state index < -0.39 is 0 Å². The Balaban J connectivity index is 2.25. The lowest BCUT2D eigenvalue weighted by molar-refractivity contribution is 0.621. The molecule has 0 bridgehead atoms. The molecule has 16 heavy (non-hydrogen) atoms. The first-order chi connectivity index (χ1) is 7.59. The van der Waals surface area contributed by atoms with Gasteiger partial charge in [0.15, 0.2) is 0 Å². The standard InChI is InChI=1S/C13H23N3/c1-9(2)8-11-12(14)16(3)13(15-11)10-6-4-5-7-10/h9-10H,4-8,14H2,1-3H3. The van der Waals surface area contributed by atoms with Gasteiger partial charge in [0.05, 0.1) is 5.69 Å². The second kappa shape index (κ2) is 4.48. The van der Waals surface area contributed by atoms with Crippen LogP contribution in [0.3, 0.4) is 0 Å². The Labute approximate surface area is 98.1 Å². The van der Waals surface area contributed by atoms with E-state index in [4.69, 9.17) is 10.7 Å². The molecule has 2 N–H and O–H groups in total. The second-order valence-electron chi connectivity index (χ2n) is 5.44. The van der Waals surface area contributed by atoms with Crippen molar-refractivity contribution in [3.8, 4) is 0 Å². The van der Waals surface area contributed by atoms with Crippen molar-refractivity contribution in [1.29, 1.82) is 0 Å². The average molecular weight is 221 g/mol. The van der Waals surface area contributed by atoms with Crippen molar-refractivity contribution in [2.45, 2.75) is 51.9 Å². The summed E-state index contributed by atoms with van der Waals surface area (Å²) in [6.45, 7) is 4.42. The zero-order valence-corrected chi connectivity index (χ0v) is 10.7. The van der Waals surface area contributed by atoms with Gasteiger partial charge in [0.25, 0.3) is 0 Å². The summed E-state index contributed by atoms with van der Waals surface area (Å²) in [5.41, 5.74) is 7.22. The molecule has 1 aliphatic rings. The molecule has 0 spiro atoms. The van der Waals surface area contributed by atoms with Crippen LogP contribution in [0.15, 0.2) is 0 Å². The predicted octanol–water partition coefficient (Wildman–Crippen LogP) is 2.86. The molecule has 0 atom stereocenters. The number of imidazole rings is 1. The third kappa shape index (κ3) is 2.08. The number of aromatic nitrogens is 2. The van der Waals surface area contributed by atoms with Gasteiger partial charge in [-0.25, -0.2) is 4.98 Å². The van der Waals surface area contributed by atoms with Crippen molar-refractivity contribution in [2.75, 3.05) is 5.73 Å². The van der Waals surface area contributed by atoms with Gasteiger partial charge < -0.3 is 10.3 Å². The Morgan fingerprint density at radius 2 is 2.00 bits per heavy atom. The molecule has 0 saturated heterocycles. The molecule has 0 unspecified atom stereocenters. The maximum absolute atomic E-state index is 6.12. The Bertz CT molecular complexity index is 359. The van der Waals surface area contributed by atoms with Crippen LogP contribution >= 0.6 is 0 Å². The second-order valence-corrected chi connectivity index (χ2v) is 5.44. The number of anilines is 1. The molecule has 1 aliphatic carbocycles. The summed E-state index contributed by atoms with van der Waals surface area (Å²) in [6.07, 6.45) is 6.25.